The minimum absolute atomic E-state index is 0.0158. The summed E-state index contributed by atoms with van der Waals surface area (Å²) in [6.07, 6.45) is 0. The Balaban J connectivity index is 2.66. The number of halogens is 1. The first-order chi connectivity index (χ1) is 8.49. The van der Waals surface area contributed by atoms with Gasteiger partial charge in [0.25, 0.3) is 5.69 Å². The summed E-state index contributed by atoms with van der Waals surface area (Å²) >= 11 is 6.05. The predicted molar refractivity (Wildman–Crippen MR) is 73.0 cm³/mol. The van der Waals surface area contributed by atoms with Crippen LogP contribution in [0.1, 0.15) is 11.1 Å². The number of benzene rings is 2. The van der Waals surface area contributed by atoms with E-state index in [1.807, 2.05) is 38.1 Å². The molecule has 0 bridgehead atoms. The minimum Gasteiger partial charge on any atom is -0.258 e. The van der Waals surface area contributed by atoms with Crippen LogP contribution in [0.2, 0.25) is 5.02 Å². The van der Waals surface area contributed by atoms with E-state index < -0.39 is 4.92 Å². The van der Waals surface area contributed by atoms with E-state index >= 15 is 0 Å². The quantitative estimate of drug-likeness (QED) is 0.589. The normalized spacial score (nSPS) is 10.4. The number of hydrogen-bond acceptors (Lipinski definition) is 2. The van der Waals surface area contributed by atoms with Crippen molar-refractivity contribution in [3.63, 3.8) is 0 Å². The van der Waals surface area contributed by atoms with Gasteiger partial charge in [-0.3, -0.25) is 10.1 Å². The summed E-state index contributed by atoms with van der Waals surface area (Å²) in [6.45, 7) is 3.85. The van der Waals surface area contributed by atoms with Crippen LogP contribution in [0.3, 0.4) is 0 Å². The molecule has 0 spiro atoms. The van der Waals surface area contributed by atoms with Gasteiger partial charge in [0.15, 0.2) is 0 Å². The molecule has 0 unspecified atom stereocenters. The maximum Gasteiger partial charge on any atom is 0.271 e. The molecule has 0 radical (unpaired) electrons. The third kappa shape index (κ3) is 2.36. The molecule has 92 valence electrons. The molecule has 0 aromatic heterocycles. The molecule has 0 heterocycles. The van der Waals surface area contributed by atoms with Crippen molar-refractivity contribution < 1.29 is 4.92 Å². The van der Waals surface area contributed by atoms with E-state index in [-0.39, 0.29) is 5.69 Å². The third-order valence-corrected chi connectivity index (χ3v) is 3.26. The standard InChI is InChI=1S/C14H12ClNO2/c1-9-4-3-5-11(6-9)13-7-12(16(17)18)8-14(15)10(13)2/h3-8H,1-2H3. The predicted octanol–water partition coefficient (Wildman–Crippen LogP) is 4.53. The van der Waals surface area contributed by atoms with Crippen molar-refractivity contribution in [2.75, 3.05) is 0 Å². The molecule has 0 N–H and O–H groups in total. The number of rotatable bonds is 2. The van der Waals surface area contributed by atoms with E-state index in [4.69, 9.17) is 11.6 Å². The van der Waals surface area contributed by atoms with Crippen LogP contribution in [-0.4, -0.2) is 4.92 Å². The molecular weight excluding hydrogens is 250 g/mol. The van der Waals surface area contributed by atoms with Crippen molar-refractivity contribution in [3.05, 3.63) is 62.7 Å². The number of nitro benzene ring substituents is 1. The first-order valence-corrected chi connectivity index (χ1v) is 5.88. The van der Waals surface area contributed by atoms with Gasteiger partial charge in [-0.15, -0.1) is 0 Å². The van der Waals surface area contributed by atoms with Gasteiger partial charge in [0.05, 0.1) is 9.95 Å². The van der Waals surface area contributed by atoms with Crippen LogP contribution in [0, 0.1) is 24.0 Å². The molecule has 0 saturated carbocycles. The lowest BCUT2D eigenvalue weighted by molar-refractivity contribution is -0.384. The Morgan fingerprint density at radius 3 is 2.50 bits per heavy atom. The van der Waals surface area contributed by atoms with Gasteiger partial charge in [0.1, 0.15) is 0 Å². The molecule has 2 aromatic carbocycles. The molecule has 2 aromatic rings. The van der Waals surface area contributed by atoms with Crippen LogP contribution >= 0.6 is 11.6 Å². The van der Waals surface area contributed by atoms with Gasteiger partial charge in [-0.2, -0.15) is 0 Å². The summed E-state index contributed by atoms with van der Waals surface area (Å²) in [6, 6.07) is 10.8. The highest BCUT2D eigenvalue weighted by atomic mass is 35.5. The van der Waals surface area contributed by atoms with Crippen molar-refractivity contribution in [2.45, 2.75) is 13.8 Å². The second-order valence-electron chi connectivity index (χ2n) is 4.23. The fourth-order valence-corrected chi connectivity index (χ4v) is 2.10. The molecule has 3 nitrogen and oxygen atoms in total. The van der Waals surface area contributed by atoms with Crippen molar-refractivity contribution in [1.82, 2.24) is 0 Å². The van der Waals surface area contributed by atoms with Crippen molar-refractivity contribution in [1.29, 1.82) is 0 Å². The molecule has 0 fully saturated rings. The van der Waals surface area contributed by atoms with Crippen LogP contribution in [0.5, 0.6) is 0 Å². The summed E-state index contributed by atoms with van der Waals surface area (Å²) < 4.78 is 0. The van der Waals surface area contributed by atoms with E-state index in [1.165, 1.54) is 6.07 Å². The van der Waals surface area contributed by atoms with E-state index in [2.05, 4.69) is 0 Å². The Labute approximate surface area is 110 Å². The lowest BCUT2D eigenvalue weighted by Gasteiger charge is -2.08. The second-order valence-corrected chi connectivity index (χ2v) is 4.63. The van der Waals surface area contributed by atoms with Gasteiger partial charge in [-0.25, -0.2) is 0 Å². The first kappa shape index (κ1) is 12.6. The summed E-state index contributed by atoms with van der Waals surface area (Å²) in [5.74, 6) is 0. The monoisotopic (exact) mass is 261 g/mol. The topological polar surface area (TPSA) is 43.1 Å². The molecule has 0 aliphatic heterocycles. The maximum absolute atomic E-state index is 10.9. The van der Waals surface area contributed by atoms with Crippen LogP contribution in [0.25, 0.3) is 11.1 Å². The molecular formula is C14H12ClNO2. The van der Waals surface area contributed by atoms with E-state index in [0.29, 0.717) is 5.02 Å². The highest BCUT2D eigenvalue weighted by molar-refractivity contribution is 6.32. The van der Waals surface area contributed by atoms with E-state index in [1.54, 1.807) is 6.07 Å². The zero-order chi connectivity index (χ0) is 13.3. The minimum atomic E-state index is -0.426. The van der Waals surface area contributed by atoms with Gasteiger partial charge in [0, 0.05) is 12.1 Å². The van der Waals surface area contributed by atoms with Gasteiger partial charge in [-0.1, -0.05) is 41.4 Å². The van der Waals surface area contributed by atoms with Crippen molar-refractivity contribution in [3.8, 4) is 11.1 Å². The molecule has 2 rings (SSSR count). The average Bonchev–Trinajstić information content (AvgIpc) is 2.32. The highest BCUT2D eigenvalue weighted by Gasteiger charge is 2.14. The van der Waals surface area contributed by atoms with Crippen LogP contribution in [0.15, 0.2) is 36.4 Å². The molecule has 0 atom stereocenters. The average molecular weight is 262 g/mol. The molecule has 0 aliphatic carbocycles. The summed E-state index contributed by atoms with van der Waals surface area (Å²) in [5, 5.41) is 11.3. The number of aryl methyl sites for hydroxylation is 1. The summed E-state index contributed by atoms with van der Waals surface area (Å²) in [7, 11) is 0. The first-order valence-electron chi connectivity index (χ1n) is 5.50. The molecule has 0 amide bonds. The van der Waals surface area contributed by atoms with Crippen molar-refractivity contribution in [2.24, 2.45) is 0 Å². The highest BCUT2D eigenvalue weighted by Crippen LogP contribution is 2.33. The smallest absolute Gasteiger partial charge is 0.258 e. The lowest BCUT2D eigenvalue weighted by Crippen LogP contribution is -1.92. The Kier molecular flexibility index (Phi) is 3.34. The largest absolute Gasteiger partial charge is 0.271 e. The fraction of sp³-hybridized carbons (Fsp3) is 0.143. The molecule has 0 aliphatic rings. The molecule has 0 saturated heterocycles. The maximum atomic E-state index is 10.9. The SMILES string of the molecule is Cc1cccc(-c2cc([N+](=O)[O-])cc(Cl)c2C)c1. The number of nitrogens with zero attached hydrogens (tertiary/aromatic N) is 1. The molecule has 18 heavy (non-hydrogen) atoms. The fourth-order valence-electron chi connectivity index (χ4n) is 1.88. The lowest BCUT2D eigenvalue weighted by atomic mass is 9.98. The number of non-ortho nitro benzene ring substituents is 1. The van der Waals surface area contributed by atoms with Crippen LogP contribution < -0.4 is 0 Å². The molecule has 4 heteroatoms. The van der Waals surface area contributed by atoms with Gasteiger partial charge >= 0.3 is 0 Å². The number of nitro groups is 1. The van der Waals surface area contributed by atoms with Crippen LogP contribution in [-0.2, 0) is 0 Å². The van der Waals surface area contributed by atoms with Gasteiger partial charge in [-0.05, 0) is 30.5 Å². The Hall–Kier alpha value is -1.87. The summed E-state index contributed by atoms with van der Waals surface area (Å²) in [5.41, 5.74) is 3.72. The third-order valence-electron chi connectivity index (χ3n) is 2.87. The van der Waals surface area contributed by atoms with Gasteiger partial charge in [0.2, 0.25) is 0 Å². The zero-order valence-corrected chi connectivity index (χ0v) is 10.9. The summed E-state index contributed by atoms with van der Waals surface area (Å²) in [4.78, 5) is 10.4. The van der Waals surface area contributed by atoms with E-state index in [0.717, 1.165) is 22.3 Å². The van der Waals surface area contributed by atoms with E-state index in [9.17, 15) is 10.1 Å². The van der Waals surface area contributed by atoms with Crippen molar-refractivity contribution >= 4 is 17.3 Å². The Morgan fingerprint density at radius 1 is 1.17 bits per heavy atom. The second kappa shape index (κ2) is 4.78. The zero-order valence-electron chi connectivity index (χ0n) is 10.1. The van der Waals surface area contributed by atoms with Crippen LogP contribution in [0.4, 0.5) is 5.69 Å². The Bertz CT molecular complexity index is 623. The number of hydrogen-bond donors (Lipinski definition) is 0. The van der Waals surface area contributed by atoms with Gasteiger partial charge < -0.3 is 0 Å². The Morgan fingerprint density at radius 2 is 1.89 bits per heavy atom.